The second-order valence-corrected chi connectivity index (χ2v) is 0.520. The van der Waals surface area contributed by atoms with Crippen molar-refractivity contribution in [1.29, 1.82) is 0 Å². The highest BCUT2D eigenvalue weighted by Gasteiger charge is 1.30. The third kappa shape index (κ3) is 1.65. The Bertz CT molecular complexity index is 48.8. The van der Waals surface area contributed by atoms with Crippen molar-refractivity contribution in [2.45, 2.75) is 0 Å². The molecular formula is C3H2S. The smallest absolute Gasteiger partial charge is 0.0511 e. The molecule has 0 nitrogen and oxygen atoms in total. The normalized spacial score (nSPS) is 3.75. The predicted octanol–water partition coefficient (Wildman–Crippen LogP) is 0.619. The first-order valence-corrected chi connectivity index (χ1v) is 1.28. The minimum atomic E-state index is 1.24. The summed E-state index contributed by atoms with van der Waals surface area (Å²) < 4.78 is 0. The topological polar surface area (TPSA) is 0 Å². The van der Waals surface area contributed by atoms with Gasteiger partial charge in [0.2, 0.25) is 0 Å². The first kappa shape index (κ1) is 3.65. The van der Waals surface area contributed by atoms with Crippen LogP contribution in [0.5, 0.6) is 0 Å². The fraction of sp³-hybridized carbons (Fsp3) is 0. The molecule has 4 heavy (non-hydrogen) atoms. The van der Waals surface area contributed by atoms with Crippen LogP contribution in [0.4, 0.5) is 0 Å². The van der Waals surface area contributed by atoms with Gasteiger partial charge in [0.25, 0.3) is 0 Å². The van der Waals surface area contributed by atoms with E-state index in [4.69, 9.17) is 0 Å². The molecule has 0 heterocycles. The highest BCUT2D eigenvalue weighted by molar-refractivity contribution is 7.79. The van der Waals surface area contributed by atoms with E-state index in [2.05, 4.69) is 24.6 Å². The summed E-state index contributed by atoms with van der Waals surface area (Å²) in [5.74, 6) is 2.12. The summed E-state index contributed by atoms with van der Waals surface area (Å²) in [5, 5.41) is 1.24. The molecule has 20 valence electrons. The summed E-state index contributed by atoms with van der Waals surface area (Å²) in [7, 11) is 0. The molecule has 0 saturated heterocycles. The Kier molecular flexibility index (Phi) is 2.42. The van der Waals surface area contributed by atoms with Gasteiger partial charge in [-0.15, -0.1) is 6.42 Å². The van der Waals surface area contributed by atoms with Gasteiger partial charge in [0.1, 0.15) is 0 Å². The van der Waals surface area contributed by atoms with E-state index < -0.39 is 0 Å². The fourth-order valence-electron chi connectivity index (χ4n) is 0. The van der Waals surface area contributed by atoms with Gasteiger partial charge in [-0.1, -0.05) is 18.1 Å². The first-order valence-electron chi connectivity index (χ1n) is 0.813. The summed E-state index contributed by atoms with van der Waals surface area (Å²) in [4.78, 5) is 0. The lowest BCUT2D eigenvalue weighted by atomic mass is 10.8. The molecule has 0 aromatic carbocycles. The molecule has 0 radical (unpaired) electrons. The molecule has 0 amide bonds. The fourth-order valence-corrected chi connectivity index (χ4v) is 0. The van der Waals surface area contributed by atoms with Crippen LogP contribution in [0.15, 0.2) is 0 Å². The van der Waals surface area contributed by atoms with Crippen LogP contribution in [0.1, 0.15) is 0 Å². The molecule has 0 aliphatic carbocycles. The Balaban J connectivity index is 2.92. The molecule has 0 bridgehead atoms. The van der Waals surface area contributed by atoms with Gasteiger partial charge in [0.05, 0.1) is 5.37 Å². The van der Waals surface area contributed by atoms with Gasteiger partial charge in [0, 0.05) is 0 Å². The van der Waals surface area contributed by atoms with E-state index in [1.807, 2.05) is 0 Å². The summed E-state index contributed by atoms with van der Waals surface area (Å²) in [6.07, 6.45) is 4.62. The second-order valence-electron chi connectivity index (χ2n) is 0.285. The van der Waals surface area contributed by atoms with Crippen LogP contribution in [0.2, 0.25) is 0 Å². The summed E-state index contributed by atoms with van der Waals surface area (Å²) in [6.45, 7) is 0. The van der Waals surface area contributed by atoms with Gasteiger partial charge in [-0.2, -0.15) is 0 Å². The lowest BCUT2D eigenvalue weighted by molar-refractivity contribution is 2.99. The van der Waals surface area contributed by atoms with Crippen molar-refractivity contribution in [3.05, 3.63) is 0 Å². The monoisotopic (exact) mass is 70.0 g/mol. The largest absolute Gasteiger partial charge is 0.114 e. The van der Waals surface area contributed by atoms with E-state index in [9.17, 15) is 0 Å². The van der Waals surface area contributed by atoms with Crippen LogP contribution in [-0.2, 0) is 0 Å². The van der Waals surface area contributed by atoms with Crippen molar-refractivity contribution < 1.29 is 0 Å². The van der Waals surface area contributed by atoms with Gasteiger partial charge in [-0.25, -0.2) is 0 Å². The summed E-state index contributed by atoms with van der Waals surface area (Å²) >= 11 is 4.19. The van der Waals surface area contributed by atoms with Crippen LogP contribution in [0.3, 0.4) is 0 Å². The zero-order valence-corrected chi connectivity index (χ0v) is 2.88. The lowest BCUT2D eigenvalue weighted by Gasteiger charge is -1.34. The van der Waals surface area contributed by atoms with Gasteiger partial charge in [-0.05, 0) is 0 Å². The third-order valence-electron chi connectivity index (χ3n) is 0.0680. The molecule has 0 fully saturated rings. The molecule has 0 aliphatic heterocycles. The maximum atomic E-state index is 4.62. The molecule has 0 aromatic heterocycles. The average molecular weight is 70.1 g/mol. The van der Waals surface area contributed by atoms with Crippen LogP contribution in [-0.4, -0.2) is 5.37 Å². The van der Waals surface area contributed by atoms with Crippen molar-refractivity contribution in [2.75, 3.05) is 0 Å². The SMILES string of the molecule is C#CC=S. The number of thiocarbonyl (C=S) groups is 1. The third-order valence-corrected chi connectivity index (χ3v) is 0.204. The molecule has 0 aromatic rings. The van der Waals surface area contributed by atoms with E-state index in [1.54, 1.807) is 0 Å². The van der Waals surface area contributed by atoms with Crippen LogP contribution >= 0.6 is 12.2 Å². The van der Waals surface area contributed by atoms with Gasteiger partial charge < -0.3 is 0 Å². The van der Waals surface area contributed by atoms with E-state index in [0.717, 1.165) is 0 Å². The molecule has 0 N–H and O–H groups in total. The Hall–Kier alpha value is -0.350. The van der Waals surface area contributed by atoms with Gasteiger partial charge in [0.15, 0.2) is 0 Å². The summed E-state index contributed by atoms with van der Waals surface area (Å²) in [5.41, 5.74) is 0. The Morgan fingerprint density at radius 2 is 2.25 bits per heavy atom. The minimum Gasteiger partial charge on any atom is -0.114 e. The first-order chi connectivity index (χ1) is 1.91. The number of hydrogen-bond acceptors (Lipinski definition) is 1. The Morgan fingerprint density at radius 1 is 2.00 bits per heavy atom. The highest BCUT2D eigenvalue weighted by atomic mass is 32.1. The molecule has 0 spiro atoms. The molecule has 0 saturated carbocycles. The highest BCUT2D eigenvalue weighted by Crippen LogP contribution is 1.35. The van der Waals surface area contributed by atoms with E-state index in [-0.39, 0.29) is 0 Å². The predicted molar refractivity (Wildman–Crippen MR) is 22.5 cm³/mol. The van der Waals surface area contributed by atoms with Crippen LogP contribution < -0.4 is 0 Å². The second kappa shape index (κ2) is 2.65. The molecule has 0 atom stereocenters. The van der Waals surface area contributed by atoms with Gasteiger partial charge in [-0.3, -0.25) is 0 Å². The van der Waals surface area contributed by atoms with Crippen molar-refractivity contribution in [3.63, 3.8) is 0 Å². The quantitative estimate of drug-likeness (QED) is 0.297. The molecule has 0 aliphatic rings. The van der Waals surface area contributed by atoms with Crippen molar-refractivity contribution >= 4 is 17.6 Å². The number of rotatable bonds is 0. The number of hydrogen-bond donors (Lipinski definition) is 0. The summed E-state index contributed by atoms with van der Waals surface area (Å²) in [6, 6.07) is 0. The Labute approximate surface area is 30.8 Å². The lowest BCUT2D eigenvalue weighted by Crippen LogP contribution is -1.39. The average Bonchev–Trinajstić information content (AvgIpc) is 1.37. The molecule has 1 heteroatoms. The minimum absolute atomic E-state index is 1.24. The maximum Gasteiger partial charge on any atom is 0.0511 e. The standard InChI is InChI=1S/C3H2S/c1-2-3-4/h1,3H. The zero-order valence-electron chi connectivity index (χ0n) is 2.06. The molecular weight excluding hydrogens is 68.1 g/mol. The van der Waals surface area contributed by atoms with E-state index >= 15 is 0 Å². The number of terminal acetylenes is 1. The van der Waals surface area contributed by atoms with Crippen molar-refractivity contribution in [2.24, 2.45) is 0 Å². The maximum absolute atomic E-state index is 4.62. The van der Waals surface area contributed by atoms with E-state index in [1.165, 1.54) is 5.37 Å². The molecule has 0 rings (SSSR count). The van der Waals surface area contributed by atoms with Crippen LogP contribution in [0.25, 0.3) is 0 Å². The zero-order chi connectivity index (χ0) is 3.41. The van der Waals surface area contributed by atoms with Crippen molar-refractivity contribution in [3.8, 4) is 12.3 Å². The van der Waals surface area contributed by atoms with E-state index in [0.29, 0.717) is 0 Å². The Morgan fingerprint density at radius 3 is 2.25 bits per heavy atom. The van der Waals surface area contributed by atoms with Crippen molar-refractivity contribution in [1.82, 2.24) is 0 Å². The van der Waals surface area contributed by atoms with Gasteiger partial charge >= 0.3 is 0 Å². The molecule has 0 unspecified atom stereocenters. The van der Waals surface area contributed by atoms with Crippen LogP contribution in [0, 0.1) is 12.3 Å².